The Hall–Kier alpha value is -3.11. The van der Waals surface area contributed by atoms with E-state index in [1.54, 1.807) is 0 Å². The van der Waals surface area contributed by atoms with Gasteiger partial charge in [0.25, 0.3) is 5.91 Å². The van der Waals surface area contributed by atoms with Crippen molar-refractivity contribution < 1.29 is 9.53 Å². The Balaban J connectivity index is 1.31. The first kappa shape index (κ1) is 20.2. The third-order valence-electron chi connectivity index (χ3n) is 5.54. The standard InChI is InChI=1S/C26H28N2O2/c1-2-30-25-14-8-21(9-15-25)20-27-16-18-28(19-17-27)26(29)24-12-10-23(11-13-24)22-6-4-3-5-7-22/h3-15H,2,16-20H2,1H3. The van der Waals surface area contributed by atoms with E-state index in [9.17, 15) is 4.79 Å². The molecule has 1 fully saturated rings. The van der Waals surface area contributed by atoms with Crippen LogP contribution in [0.15, 0.2) is 78.9 Å². The van der Waals surface area contributed by atoms with E-state index >= 15 is 0 Å². The number of piperazine rings is 1. The molecule has 1 aliphatic heterocycles. The van der Waals surface area contributed by atoms with E-state index in [1.165, 1.54) is 11.1 Å². The smallest absolute Gasteiger partial charge is 0.253 e. The molecule has 0 N–H and O–H groups in total. The van der Waals surface area contributed by atoms with Gasteiger partial charge in [-0.1, -0.05) is 54.6 Å². The Morgan fingerprint density at radius 2 is 1.43 bits per heavy atom. The van der Waals surface area contributed by atoms with Gasteiger partial charge in [0.05, 0.1) is 6.61 Å². The van der Waals surface area contributed by atoms with Crippen LogP contribution < -0.4 is 4.74 Å². The maximum Gasteiger partial charge on any atom is 0.253 e. The van der Waals surface area contributed by atoms with Crippen molar-refractivity contribution in [1.29, 1.82) is 0 Å². The highest BCUT2D eigenvalue weighted by Crippen LogP contribution is 2.20. The van der Waals surface area contributed by atoms with Gasteiger partial charge in [0, 0.05) is 38.3 Å². The van der Waals surface area contributed by atoms with Gasteiger partial charge in [0.15, 0.2) is 0 Å². The van der Waals surface area contributed by atoms with Crippen LogP contribution in [0.25, 0.3) is 11.1 Å². The highest BCUT2D eigenvalue weighted by atomic mass is 16.5. The van der Waals surface area contributed by atoms with E-state index in [2.05, 4.69) is 29.2 Å². The van der Waals surface area contributed by atoms with Crippen LogP contribution >= 0.6 is 0 Å². The lowest BCUT2D eigenvalue weighted by Gasteiger charge is -2.34. The van der Waals surface area contributed by atoms with Crippen LogP contribution in [0.1, 0.15) is 22.8 Å². The molecule has 0 aliphatic carbocycles. The molecule has 3 aromatic rings. The molecule has 1 saturated heterocycles. The second-order valence-corrected chi connectivity index (χ2v) is 7.59. The van der Waals surface area contributed by atoms with Crippen molar-refractivity contribution in [2.24, 2.45) is 0 Å². The Bertz CT molecular complexity index is 945. The topological polar surface area (TPSA) is 32.8 Å². The lowest BCUT2D eigenvalue weighted by molar-refractivity contribution is 0.0628. The minimum absolute atomic E-state index is 0.121. The lowest BCUT2D eigenvalue weighted by Crippen LogP contribution is -2.48. The van der Waals surface area contributed by atoms with E-state index in [0.717, 1.165) is 49.6 Å². The fourth-order valence-electron chi connectivity index (χ4n) is 3.84. The summed E-state index contributed by atoms with van der Waals surface area (Å²) in [6.45, 7) is 6.88. The molecular weight excluding hydrogens is 372 g/mol. The molecular formula is C26H28N2O2. The predicted octanol–water partition coefficient (Wildman–Crippen LogP) is 4.71. The van der Waals surface area contributed by atoms with Gasteiger partial charge < -0.3 is 9.64 Å². The number of nitrogens with zero attached hydrogens (tertiary/aromatic N) is 2. The minimum atomic E-state index is 0.121. The average molecular weight is 401 g/mol. The summed E-state index contributed by atoms with van der Waals surface area (Å²) in [7, 11) is 0. The van der Waals surface area contributed by atoms with E-state index in [1.807, 2.05) is 66.4 Å². The Labute approximate surface area is 178 Å². The SMILES string of the molecule is CCOc1ccc(CN2CCN(C(=O)c3ccc(-c4ccccc4)cc3)CC2)cc1. The van der Waals surface area contributed by atoms with Crippen molar-refractivity contribution >= 4 is 5.91 Å². The van der Waals surface area contributed by atoms with E-state index < -0.39 is 0 Å². The number of carbonyl (C=O) groups is 1. The van der Waals surface area contributed by atoms with E-state index in [-0.39, 0.29) is 5.91 Å². The first-order chi connectivity index (χ1) is 14.7. The average Bonchev–Trinajstić information content (AvgIpc) is 2.81. The van der Waals surface area contributed by atoms with Gasteiger partial charge in [-0.3, -0.25) is 9.69 Å². The normalized spacial score (nSPS) is 14.5. The number of rotatable bonds is 6. The van der Waals surface area contributed by atoms with Crippen molar-refractivity contribution in [2.45, 2.75) is 13.5 Å². The zero-order valence-corrected chi connectivity index (χ0v) is 17.5. The number of hydrogen-bond acceptors (Lipinski definition) is 3. The minimum Gasteiger partial charge on any atom is -0.494 e. The maximum atomic E-state index is 12.9. The van der Waals surface area contributed by atoms with Crippen molar-refractivity contribution in [2.75, 3.05) is 32.8 Å². The Morgan fingerprint density at radius 3 is 2.07 bits per heavy atom. The molecule has 154 valence electrons. The Kier molecular flexibility index (Phi) is 6.45. The summed E-state index contributed by atoms with van der Waals surface area (Å²) in [6.07, 6.45) is 0. The molecule has 0 spiro atoms. The molecule has 4 rings (SSSR count). The van der Waals surface area contributed by atoms with Crippen LogP contribution in [0.3, 0.4) is 0 Å². The van der Waals surface area contributed by atoms with Crippen LogP contribution in [-0.2, 0) is 6.54 Å². The van der Waals surface area contributed by atoms with Crippen LogP contribution in [0.2, 0.25) is 0 Å². The zero-order valence-electron chi connectivity index (χ0n) is 17.5. The molecule has 0 bridgehead atoms. The van der Waals surface area contributed by atoms with Crippen molar-refractivity contribution in [1.82, 2.24) is 9.80 Å². The number of ether oxygens (including phenoxy) is 1. The van der Waals surface area contributed by atoms with E-state index in [0.29, 0.717) is 6.61 Å². The van der Waals surface area contributed by atoms with Crippen LogP contribution in [0.4, 0.5) is 0 Å². The van der Waals surface area contributed by atoms with Crippen LogP contribution in [0.5, 0.6) is 5.75 Å². The predicted molar refractivity (Wildman–Crippen MR) is 121 cm³/mol. The summed E-state index contributed by atoms with van der Waals surface area (Å²) in [6, 6.07) is 26.5. The first-order valence-electron chi connectivity index (χ1n) is 10.6. The van der Waals surface area contributed by atoms with Crippen molar-refractivity contribution in [3.63, 3.8) is 0 Å². The van der Waals surface area contributed by atoms with Gasteiger partial charge in [0.2, 0.25) is 0 Å². The second-order valence-electron chi connectivity index (χ2n) is 7.59. The highest BCUT2D eigenvalue weighted by molar-refractivity contribution is 5.94. The van der Waals surface area contributed by atoms with Crippen molar-refractivity contribution in [3.05, 3.63) is 90.0 Å². The summed E-state index contributed by atoms with van der Waals surface area (Å²) in [4.78, 5) is 17.3. The van der Waals surface area contributed by atoms with Crippen molar-refractivity contribution in [3.8, 4) is 16.9 Å². The molecule has 0 radical (unpaired) electrons. The Morgan fingerprint density at radius 1 is 0.800 bits per heavy atom. The largest absolute Gasteiger partial charge is 0.494 e. The molecule has 3 aromatic carbocycles. The maximum absolute atomic E-state index is 12.9. The van der Waals surface area contributed by atoms with Crippen LogP contribution in [-0.4, -0.2) is 48.5 Å². The molecule has 0 aromatic heterocycles. The van der Waals surface area contributed by atoms with Crippen LogP contribution in [0, 0.1) is 0 Å². The molecule has 4 heteroatoms. The molecule has 30 heavy (non-hydrogen) atoms. The first-order valence-corrected chi connectivity index (χ1v) is 10.6. The molecule has 0 atom stereocenters. The second kappa shape index (κ2) is 9.59. The number of amides is 1. The molecule has 4 nitrogen and oxygen atoms in total. The summed E-state index contributed by atoms with van der Waals surface area (Å²) in [5.41, 5.74) is 4.33. The van der Waals surface area contributed by atoms with Gasteiger partial charge in [0.1, 0.15) is 5.75 Å². The third-order valence-corrected chi connectivity index (χ3v) is 5.54. The lowest BCUT2D eigenvalue weighted by atomic mass is 10.0. The summed E-state index contributed by atoms with van der Waals surface area (Å²) < 4.78 is 5.51. The highest BCUT2D eigenvalue weighted by Gasteiger charge is 2.22. The summed E-state index contributed by atoms with van der Waals surface area (Å²) >= 11 is 0. The van der Waals surface area contributed by atoms with Gasteiger partial charge in [-0.25, -0.2) is 0 Å². The fourth-order valence-corrected chi connectivity index (χ4v) is 3.84. The molecule has 1 aliphatic rings. The van der Waals surface area contributed by atoms with Gasteiger partial charge in [-0.05, 0) is 47.9 Å². The molecule has 1 amide bonds. The van der Waals surface area contributed by atoms with Gasteiger partial charge in [-0.2, -0.15) is 0 Å². The third kappa shape index (κ3) is 4.89. The number of benzene rings is 3. The summed E-state index contributed by atoms with van der Waals surface area (Å²) in [5, 5.41) is 0. The number of carbonyl (C=O) groups excluding carboxylic acids is 1. The van der Waals surface area contributed by atoms with E-state index in [4.69, 9.17) is 4.74 Å². The summed E-state index contributed by atoms with van der Waals surface area (Å²) in [5.74, 6) is 1.03. The number of hydrogen-bond donors (Lipinski definition) is 0. The van der Waals surface area contributed by atoms with Gasteiger partial charge >= 0.3 is 0 Å². The quantitative estimate of drug-likeness (QED) is 0.601. The monoisotopic (exact) mass is 400 g/mol. The zero-order chi connectivity index (χ0) is 20.8. The molecule has 0 unspecified atom stereocenters. The van der Waals surface area contributed by atoms with Gasteiger partial charge in [-0.15, -0.1) is 0 Å². The molecule has 1 heterocycles. The fraction of sp³-hybridized carbons (Fsp3) is 0.269. The molecule has 0 saturated carbocycles.